The van der Waals surface area contributed by atoms with Crippen LogP contribution >= 0.6 is 23.7 Å². The zero-order valence-electron chi connectivity index (χ0n) is 16.8. The summed E-state index contributed by atoms with van der Waals surface area (Å²) in [4.78, 5) is 21.5. The summed E-state index contributed by atoms with van der Waals surface area (Å²) in [6.07, 6.45) is 0.771. The second kappa shape index (κ2) is 9.59. The number of hydrogen-bond donors (Lipinski definition) is 0. The van der Waals surface area contributed by atoms with Crippen molar-refractivity contribution in [3.63, 3.8) is 0 Å². The Morgan fingerprint density at radius 3 is 2.57 bits per heavy atom. The number of fused-ring (bicyclic) bond motifs is 2. The van der Waals surface area contributed by atoms with Gasteiger partial charge in [-0.3, -0.25) is 9.69 Å². The smallest absolute Gasteiger partial charge is 0.260 e. The molecule has 1 amide bonds. The minimum Gasteiger partial charge on any atom is -0.486 e. The van der Waals surface area contributed by atoms with Gasteiger partial charge in [0, 0.05) is 24.2 Å². The fourth-order valence-electron chi connectivity index (χ4n) is 3.17. The fourth-order valence-corrected chi connectivity index (χ4v) is 4.17. The van der Waals surface area contributed by atoms with Crippen molar-refractivity contribution < 1.29 is 18.7 Å². The van der Waals surface area contributed by atoms with Gasteiger partial charge in [-0.05, 0) is 45.3 Å². The SMILES string of the molecule is CN(C)CCCN(C(=O)c1cccc(F)c1)c1nc2cc3c(cc2s1)OCCO3.Cl. The molecule has 0 atom stereocenters. The van der Waals surface area contributed by atoms with E-state index >= 15 is 0 Å². The molecule has 6 nitrogen and oxygen atoms in total. The lowest BCUT2D eigenvalue weighted by Gasteiger charge is -2.21. The van der Waals surface area contributed by atoms with E-state index in [1.165, 1.54) is 23.5 Å². The van der Waals surface area contributed by atoms with Crippen LogP contribution in [0.5, 0.6) is 11.5 Å². The number of thiazole rings is 1. The van der Waals surface area contributed by atoms with E-state index in [4.69, 9.17) is 9.47 Å². The van der Waals surface area contributed by atoms with Crippen molar-refractivity contribution in [1.29, 1.82) is 0 Å². The Kier molecular flexibility index (Phi) is 7.12. The van der Waals surface area contributed by atoms with E-state index in [9.17, 15) is 9.18 Å². The molecule has 1 aromatic heterocycles. The predicted molar refractivity (Wildman–Crippen MR) is 119 cm³/mol. The molecule has 0 aliphatic carbocycles. The molecule has 2 heterocycles. The van der Waals surface area contributed by atoms with E-state index in [-0.39, 0.29) is 18.3 Å². The van der Waals surface area contributed by atoms with E-state index in [1.807, 2.05) is 26.2 Å². The zero-order valence-corrected chi connectivity index (χ0v) is 18.4. The maximum absolute atomic E-state index is 13.7. The van der Waals surface area contributed by atoms with Gasteiger partial charge >= 0.3 is 0 Å². The van der Waals surface area contributed by atoms with Crippen molar-refractivity contribution >= 4 is 45.0 Å². The minimum absolute atomic E-state index is 0. The number of nitrogens with zero attached hydrogens (tertiary/aromatic N) is 3. The molecule has 2 aromatic carbocycles. The van der Waals surface area contributed by atoms with Gasteiger partial charge in [-0.1, -0.05) is 17.4 Å². The molecule has 0 spiro atoms. The van der Waals surface area contributed by atoms with Crippen LogP contribution in [0.25, 0.3) is 10.2 Å². The molecular formula is C21H23ClFN3O3S. The fraction of sp³-hybridized carbons (Fsp3) is 0.333. The maximum atomic E-state index is 13.7. The lowest BCUT2D eigenvalue weighted by molar-refractivity contribution is 0.0985. The molecule has 0 unspecified atom stereocenters. The van der Waals surface area contributed by atoms with Crippen LogP contribution in [0.15, 0.2) is 36.4 Å². The van der Waals surface area contributed by atoms with Gasteiger partial charge in [-0.2, -0.15) is 0 Å². The number of carbonyl (C=O) groups is 1. The molecule has 0 saturated heterocycles. The molecule has 1 aliphatic rings. The topological polar surface area (TPSA) is 54.9 Å². The van der Waals surface area contributed by atoms with Crippen molar-refractivity contribution in [2.45, 2.75) is 6.42 Å². The van der Waals surface area contributed by atoms with E-state index in [2.05, 4.69) is 9.88 Å². The highest BCUT2D eigenvalue weighted by atomic mass is 35.5. The van der Waals surface area contributed by atoms with Crippen LogP contribution in [0, 0.1) is 5.82 Å². The first-order chi connectivity index (χ1) is 14.0. The molecule has 30 heavy (non-hydrogen) atoms. The monoisotopic (exact) mass is 451 g/mol. The maximum Gasteiger partial charge on any atom is 0.260 e. The molecule has 0 bridgehead atoms. The van der Waals surface area contributed by atoms with Gasteiger partial charge in [0.05, 0.1) is 10.2 Å². The summed E-state index contributed by atoms with van der Waals surface area (Å²) in [5.74, 6) is 0.653. The summed E-state index contributed by atoms with van der Waals surface area (Å²) >= 11 is 1.42. The van der Waals surface area contributed by atoms with Gasteiger partial charge < -0.3 is 14.4 Å². The van der Waals surface area contributed by atoms with Crippen LogP contribution in [-0.2, 0) is 0 Å². The largest absolute Gasteiger partial charge is 0.486 e. The van der Waals surface area contributed by atoms with E-state index in [1.54, 1.807) is 17.0 Å². The van der Waals surface area contributed by atoms with Crippen molar-refractivity contribution in [3.05, 3.63) is 47.8 Å². The van der Waals surface area contributed by atoms with Gasteiger partial charge in [0.25, 0.3) is 5.91 Å². The molecule has 3 aromatic rings. The molecule has 0 saturated carbocycles. The third kappa shape index (κ3) is 4.83. The van der Waals surface area contributed by atoms with Gasteiger partial charge in [0.2, 0.25) is 0 Å². The Bertz CT molecular complexity index is 1000. The van der Waals surface area contributed by atoms with Crippen LogP contribution in [0.4, 0.5) is 9.52 Å². The van der Waals surface area contributed by atoms with E-state index in [0.717, 1.165) is 23.2 Å². The third-order valence-electron chi connectivity index (χ3n) is 4.58. The number of carbonyl (C=O) groups excluding carboxylic acids is 1. The summed E-state index contributed by atoms with van der Waals surface area (Å²) in [5, 5.41) is 0.579. The molecule has 0 radical (unpaired) electrons. The van der Waals surface area contributed by atoms with Crippen molar-refractivity contribution in [2.75, 3.05) is 45.3 Å². The van der Waals surface area contributed by atoms with Crippen LogP contribution in [-0.4, -0.2) is 56.2 Å². The highest BCUT2D eigenvalue weighted by Crippen LogP contribution is 2.39. The third-order valence-corrected chi connectivity index (χ3v) is 5.62. The van der Waals surface area contributed by atoms with Crippen LogP contribution in [0.2, 0.25) is 0 Å². The van der Waals surface area contributed by atoms with Crippen LogP contribution in [0.3, 0.4) is 0 Å². The quantitative estimate of drug-likeness (QED) is 0.561. The van der Waals surface area contributed by atoms with Gasteiger partial charge in [-0.15, -0.1) is 12.4 Å². The summed E-state index contributed by atoms with van der Waals surface area (Å²) in [6.45, 7) is 2.33. The second-order valence-electron chi connectivity index (χ2n) is 7.08. The van der Waals surface area contributed by atoms with E-state index < -0.39 is 5.82 Å². The number of benzene rings is 2. The Hall–Kier alpha value is -2.42. The average Bonchev–Trinajstić information content (AvgIpc) is 3.11. The van der Waals surface area contributed by atoms with Crippen molar-refractivity contribution in [2.24, 2.45) is 0 Å². The van der Waals surface area contributed by atoms with Crippen molar-refractivity contribution in [3.8, 4) is 11.5 Å². The lowest BCUT2D eigenvalue weighted by atomic mass is 10.2. The molecule has 4 rings (SSSR count). The number of amides is 1. The second-order valence-corrected chi connectivity index (χ2v) is 8.09. The highest BCUT2D eigenvalue weighted by Gasteiger charge is 2.23. The number of aromatic nitrogens is 1. The van der Waals surface area contributed by atoms with Crippen LogP contribution < -0.4 is 14.4 Å². The lowest BCUT2D eigenvalue weighted by Crippen LogP contribution is -2.33. The summed E-state index contributed by atoms with van der Waals surface area (Å²) in [6, 6.07) is 9.49. The van der Waals surface area contributed by atoms with Gasteiger partial charge in [-0.25, -0.2) is 9.37 Å². The molecule has 160 valence electrons. The number of hydrogen-bond acceptors (Lipinski definition) is 6. The normalized spacial score (nSPS) is 12.7. The summed E-state index contributed by atoms with van der Waals surface area (Å²) < 4.78 is 25.9. The zero-order chi connectivity index (χ0) is 20.4. The predicted octanol–water partition coefficient (Wildman–Crippen LogP) is 4.23. The van der Waals surface area contributed by atoms with Crippen molar-refractivity contribution in [1.82, 2.24) is 9.88 Å². The Labute approximate surface area is 184 Å². The standard InChI is InChI=1S/C21H22FN3O3S.ClH/c1-24(2)7-4-8-25(20(26)14-5-3-6-15(22)11-14)21-23-16-12-17-18(13-19(16)29-21)28-10-9-27-17;/h3,5-6,11-13H,4,7-10H2,1-2H3;1H. The molecule has 0 fully saturated rings. The summed E-state index contributed by atoms with van der Waals surface area (Å²) in [5.41, 5.74) is 1.05. The molecule has 0 N–H and O–H groups in total. The first kappa shape index (κ1) is 22.3. The Morgan fingerprint density at radius 1 is 1.13 bits per heavy atom. The number of rotatable bonds is 6. The minimum atomic E-state index is -0.435. The number of ether oxygens (including phenoxy) is 2. The van der Waals surface area contributed by atoms with Gasteiger partial charge in [0.15, 0.2) is 16.6 Å². The Balaban J connectivity index is 0.00000256. The first-order valence-corrected chi connectivity index (χ1v) is 10.3. The first-order valence-electron chi connectivity index (χ1n) is 9.43. The summed E-state index contributed by atoms with van der Waals surface area (Å²) in [7, 11) is 3.97. The van der Waals surface area contributed by atoms with Crippen LogP contribution in [0.1, 0.15) is 16.8 Å². The number of anilines is 1. The average molecular weight is 452 g/mol. The molecule has 1 aliphatic heterocycles. The highest BCUT2D eigenvalue weighted by molar-refractivity contribution is 7.22. The number of halogens is 2. The molecule has 9 heteroatoms. The van der Waals surface area contributed by atoms with Gasteiger partial charge in [0.1, 0.15) is 19.0 Å². The molecular weight excluding hydrogens is 429 g/mol. The Morgan fingerprint density at radius 2 is 1.87 bits per heavy atom. The van der Waals surface area contributed by atoms with E-state index in [0.29, 0.717) is 42.0 Å².